The number of hydrogen-bond acceptors (Lipinski definition) is 4. The highest BCUT2D eigenvalue weighted by Crippen LogP contribution is 2.26. The third kappa shape index (κ3) is 3.56. The van der Waals surface area contributed by atoms with Gasteiger partial charge in [0.25, 0.3) is 0 Å². The lowest BCUT2D eigenvalue weighted by molar-refractivity contribution is -0.233. The normalized spacial score (nSPS) is 10.0. The molecule has 0 fully saturated rings. The topological polar surface area (TPSA) is 55.8 Å². The first kappa shape index (κ1) is 13.1. The van der Waals surface area contributed by atoms with Crippen molar-refractivity contribution in [3.05, 3.63) is 59.7 Å². The van der Waals surface area contributed by atoms with Crippen LogP contribution in [0.25, 0.3) is 0 Å². The number of carbonyl (C=O) groups is 1. The molecule has 4 nitrogen and oxygen atoms in total. The third-order valence-electron chi connectivity index (χ3n) is 2.67. The minimum atomic E-state index is -0.700. The van der Waals surface area contributed by atoms with Crippen molar-refractivity contribution in [1.82, 2.24) is 0 Å². The summed E-state index contributed by atoms with van der Waals surface area (Å²) >= 11 is 0. The van der Waals surface area contributed by atoms with Gasteiger partial charge in [-0.3, -0.25) is 0 Å². The molecule has 2 aromatic rings. The van der Waals surface area contributed by atoms with Crippen LogP contribution in [0, 0.1) is 6.92 Å². The van der Waals surface area contributed by atoms with Crippen LogP contribution in [0.3, 0.4) is 0 Å². The maximum Gasteiger partial charge on any atom is 0.346 e. The first-order valence-electron chi connectivity index (χ1n) is 5.85. The fourth-order valence-electron chi connectivity index (χ4n) is 1.68. The summed E-state index contributed by atoms with van der Waals surface area (Å²) in [5, 5.41) is 8.27. The summed E-state index contributed by atoms with van der Waals surface area (Å²) in [6.45, 7) is 1.92. The van der Waals surface area contributed by atoms with Gasteiger partial charge in [0.2, 0.25) is 0 Å². The van der Waals surface area contributed by atoms with Crippen LogP contribution in [0.5, 0.6) is 11.5 Å². The van der Waals surface area contributed by atoms with E-state index in [1.807, 2.05) is 43.3 Å². The molecule has 0 aliphatic rings. The summed E-state index contributed by atoms with van der Waals surface area (Å²) in [6.07, 6.45) is 0.00191. The number of carbonyl (C=O) groups excluding carboxylic acids is 1. The van der Waals surface area contributed by atoms with E-state index in [0.717, 1.165) is 16.9 Å². The summed E-state index contributed by atoms with van der Waals surface area (Å²) in [6, 6.07) is 14.8. The molecule has 0 atom stereocenters. The van der Waals surface area contributed by atoms with Crippen LogP contribution < -0.4 is 4.74 Å². The Morgan fingerprint density at radius 2 is 1.89 bits per heavy atom. The van der Waals surface area contributed by atoms with E-state index in [4.69, 9.17) is 9.99 Å². The number of aryl methyl sites for hydroxylation is 1. The summed E-state index contributed by atoms with van der Waals surface area (Å²) < 4.78 is 5.75. The number of para-hydroxylation sites is 1. The first-order valence-corrected chi connectivity index (χ1v) is 5.85. The molecule has 2 rings (SSSR count). The van der Waals surface area contributed by atoms with E-state index in [0.29, 0.717) is 5.75 Å². The molecule has 0 spiro atoms. The van der Waals surface area contributed by atoms with Gasteiger partial charge in [0.15, 0.2) is 0 Å². The molecule has 4 heteroatoms. The minimum Gasteiger partial charge on any atom is -0.457 e. The molecule has 0 aliphatic heterocycles. The summed E-state index contributed by atoms with van der Waals surface area (Å²) in [5.41, 5.74) is 1.68. The first-order chi connectivity index (χ1) is 9.19. The zero-order chi connectivity index (χ0) is 13.7. The van der Waals surface area contributed by atoms with Gasteiger partial charge in [0, 0.05) is 0 Å². The standard InChI is InChI=1S/C15H14O4/c1-11-7-8-12(10-15(16)19-17)9-14(11)18-13-5-3-2-4-6-13/h2-9,17H,10H2,1H3. The quantitative estimate of drug-likeness (QED) is 0.675. The second-order valence-corrected chi connectivity index (χ2v) is 4.16. The molecule has 0 bridgehead atoms. The van der Waals surface area contributed by atoms with Gasteiger partial charge in [-0.1, -0.05) is 30.3 Å². The van der Waals surface area contributed by atoms with Gasteiger partial charge in [0.05, 0.1) is 6.42 Å². The van der Waals surface area contributed by atoms with Gasteiger partial charge in [0.1, 0.15) is 11.5 Å². The zero-order valence-corrected chi connectivity index (χ0v) is 10.5. The molecule has 0 radical (unpaired) electrons. The van der Waals surface area contributed by atoms with Crippen LogP contribution in [-0.4, -0.2) is 11.2 Å². The second-order valence-electron chi connectivity index (χ2n) is 4.16. The number of ether oxygens (including phenoxy) is 1. The van der Waals surface area contributed by atoms with Crippen molar-refractivity contribution in [3.63, 3.8) is 0 Å². The molecule has 98 valence electrons. The number of benzene rings is 2. The molecule has 0 heterocycles. The maximum atomic E-state index is 11.0. The second kappa shape index (κ2) is 6.02. The van der Waals surface area contributed by atoms with Crippen molar-refractivity contribution >= 4 is 5.97 Å². The number of hydrogen-bond donors (Lipinski definition) is 1. The molecule has 0 saturated heterocycles. The Balaban J connectivity index is 2.20. The largest absolute Gasteiger partial charge is 0.457 e. The lowest BCUT2D eigenvalue weighted by Crippen LogP contribution is -2.05. The Bertz CT molecular complexity index is 564. The molecule has 0 saturated carbocycles. The van der Waals surface area contributed by atoms with Crippen LogP contribution in [0.4, 0.5) is 0 Å². The van der Waals surface area contributed by atoms with E-state index in [1.165, 1.54) is 0 Å². The molecule has 0 unspecified atom stereocenters. The van der Waals surface area contributed by atoms with Crippen molar-refractivity contribution in [3.8, 4) is 11.5 Å². The summed E-state index contributed by atoms with van der Waals surface area (Å²) in [4.78, 5) is 14.7. The zero-order valence-electron chi connectivity index (χ0n) is 10.5. The van der Waals surface area contributed by atoms with Crippen LogP contribution in [-0.2, 0) is 16.1 Å². The van der Waals surface area contributed by atoms with Crippen LogP contribution in [0.15, 0.2) is 48.5 Å². The highest BCUT2D eigenvalue weighted by Gasteiger charge is 2.08. The molecule has 19 heavy (non-hydrogen) atoms. The fourth-order valence-corrected chi connectivity index (χ4v) is 1.68. The summed E-state index contributed by atoms with van der Waals surface area (Å²) in [7, 11) is 0. The molecule has 1 N–H and O–H groups in total. The van der Waals surface area contributed by atoms with Gasteiger partial charge in [-0.05, 0) is 36.2 Å². The third-order valence-corrected chi connectivity index (χ3v) is 2.67. The van der Waals surface area contributed by atoms with Gasteiger partial charge in [-0.2, -0.15) is 5.26 Å². The SMILES string of the molecule is Cc1ccc(CC(=O)OO)cc1Oc1ccccc1. The molecule has 2 aromatic carbocycles. The van der Waals surface area contributed by atoms with E-state index in [-0.39, 0.29) is 6.42 Å². The van der Waals surface area contributed by atoms with E-state index >= 15 is 0 Å². The van der Waals surface area contributed by atoms with Crippen molar-refractivity contribution in [2.24, 2.45) is 0 Å². The monoisotopic (exact) mass is 258 g/mol. The highest BCUT2D eigenvalue weighted by atomic mass is 17.1. The van der Waals surface area contributed by atoms with Crippen LogP contribution in [0.1, 0.15) is 11.1 Å². The fraction of sp³-hybridized carbons (Fsp3) is 0.133. The van der Waals surface area contributed by atoms with Crippen LogP contribution >= 0.6 is 0 Å². The van der Waals surface area contributed by atoms with Crippen molar-refractivity contribution in [2.75, 3.05) is 0 Å². The molecular formula is C15H14O4. The highest BCUT2D eigenvalue weighted by molar-refractivity contribution is 5.72. The van der Waals surface area contributed by atoms with Gasteiger partial charge >= 0.3 is 5.97 Å². The van der Waals surface area contributed by atoms with Crippen molar-refractivity contribution in [2.45, 2.75) is 13.3 Å². The van der Waals surface area contributed by atoms with Gasteiger partial charge in [-0.15, -0.1) is 0 Å². The van der Waals surface area contributed by atoms with E-state index in [9.17, 15) is 4.79 Å². The van der Waals surface area contributed by atoms with Crippen molar-refractivity contribution < 1.29 is 19.7 Å². The molecular weight excluding hydrogens is 244 g/mol. The van der Waals surface area contributed by atoms with E-state index in [2.05, 4.69) is 4.89 Å². The smallest absolute Gasteiger partial charge is 0.346 e. The van der Waals surface area contributed by atoms with Gasteiger partial charge < -0.3 is 9.62 Å². The van der Waals surface area contributed by atoms with Crippen molar-refractivity contribution in [1.29, 1.82) is 0 Å². The van der Waals surface area contributed by atoms with Gasteiger partial charge in [-0.25, -0.2) is 4.79 Å². The Hall–Kier alpha value is -2.33. The Kier molecular flexibility index (Phi) is 4.15. The molecule has 0 aliphatic carbocycles. The number of rotatable bonds is 4. The predicted molar refractivity (Wildman–Crippen MR) is 70.1 cm³/mol. The van der Waals surface area contributed by atoms with Crippen LogP contribution in [0.2, 0.25) is 0 Å². The Labute approximate surface area is 111 Å². The minimum absolute atomic E-state index is 0.00191. The Morgan fingerprint density at radius 1 is 1.16 bits per heavy atom. The molecule has 0 aromatic heterocycles. The average molecular weight is 258 g/mol. The Morgan fingerprint density at radius 3 is 2.58 bits per heavy atom. The van der Waals surface area contributed by atoms with E-state index < -0.39 is 5.97 Å². The lowest BCUT2D eigenvalue weighted by Gasteiger charge is -2.10. The lowest BCUT2D eigenvalue weighted by atomic mass is 10.1. The predicted octanol–water partition coefficient (Wildman–Crippen LogP) is 3.35. The average Bonchev–Trinajstić information content (AvgIpc) is 2.43. The summed E-state index contributed by atoms with van der Waals surface area (Å²) in [5.74, 6) is 0.705. The maximum absolute atomic E-state index is 11.0. The van der Waals surface area contributed by atoms with E-state index in [1.54, 1.807) is 12.1 Å². The molecule has 0 amide bonds.